The predicted molar refractivity (Wildman–Crippen MR) is 135 cm³/mol. The van der Waals surface area contributed by atoms with Crippen molar-refractivity contribution in [2.45, 2.75) is 51.2 Å². The highest BCUT2D eigenvalue weighted by atomic mass is 32.2. The molecule has 1 amide bonds. The predicted octanol–water partition coefficient (Wildman–Crippen LogP) is 1.29. The van der Waals surface area contributed by atoms with E-state index < -0.39 is 29.2 Å². The van der Waals surface area contributed by atoms with Crippen LogP contribution in [0.5, 0.6) is 0 Å². The normalized spacial score (nSPS) is 13.9. The lowest BCUT2D eigenvalue weighted by Crippen LogP contribution is -2.58. The van der Waals surface area contributed by atoms with Gasteiger partial charge in [0.15, 0.2) is 11.0 Å². The molecule has 0 fully saturated rings. The van der Waals surface area contributed by atoms with Gasteiger partial charge in [-0.25, -0.2) is 0 Å². The summed E-state index contributed by atoms with van der Waals surface area (Å²) in [7, 11) is 2.59. The van der Waals surface area contributed by atoms with Crippen molar-refractivity contribution in [3.63, 3.8) is 0 Å². The Hall–Kier alpha value is -2.51. The fourth-order valence-corrected chi connectivity index (χ4v) is 3.32. The van der Waals surface area contributed by atoms with E-state index in [1.54, 1.807) is 0 Å². The molecule has 1 aromatic carbocycles. The van der Waals surface area contributed by atoms with Gasteiger partial charge < -0.3 is 35.3 Å². The van der Waals surface area contributed by atoms with Crippen molar-refractivity contribution in [2.24, 2.45) is 5.73 Å². The van der Waals surface area contributed by atoms with Crippen LogP contribution in [-0.4, -0.2) is 83.4 Å². The van der Waals surface area contributed by atoms with Gasteiger partial charge in [-0.1, -0.05) is 42.1 Å². The van der Waals surface area contributed by atoms with E-state index >= 15 is 0 Å². The third-order valence-corrected chi connectivity index (χ3v) is 5.82. The molecule has 0 aromatic heterocycles. The minimum Gasteiger partial charge on any atom is -0.468 e. The Morgan fingerprint density at radius 2 is 1.83 bits per heavy atom. The molecule has 11 nitrogen and oxygen atoms in total. The van der Waals surface area contributed by atoms with Gasteiger partial charge >= 0.3 is 5.97 Å². The van der Waals surface area contributed by atoms with Crippen molar-refractivity contribution in [1.29, 1.82) is 10.8 Å². The Bertz CT molecular complexity index is 860. The molecule has 2 atom stereocenters. The largest absolute Gasteiger partial charge is 0.468 e. The second-order valence-electron chi connectivity index (χ2n) is 8.58. The number of aliphatic hydroxyl groups is 1. The van der Waals surface area contributed by atoms with E-state index in [9.17, 15) is 14.7 Å². The number of methoxy groups -OCH3 is 2. The van der Waals surface area contributed by atoms with Crippen molar-refractivity contribution in [3.05, 3.63) is 35.9 Å². The molecule has 1 aromatic rings. The van der Waals surface area contributed by atoms with E-state index in [1.165, 1.54) is 39.9 Å². The molecule has 0 saturated heterocycles. The first-order valence-corrected chi connectivity index (χ1v) is 11.9. The van der Waals surface area contributed by atoms with Crippen molar-refractivity contribution >= 4 is 34.6 Å². The van der Waals surface area contributed by atoms with E-state index in [0.29, 0.717) is 0 Å². The fraction of sp³-hybridized carbons (Fsp3) is 0.565. The molecule has 0 radical (unpaired) electrons. The third-order valence-electron chi connectivity index (χ3n) is 4.95. The number of esters is 1. The highest BCUT2D eigenvalue weighted by Gasteiger charge is 2.31. The van der Waals surface area contributed by atoms with Gasteiger partial charge in [-0.3, -0.25) is 20.4 Å². The van der Waals surface area contributed by atoms with Crippen LogP contribution < -0.4 is 11.1 Å². The molecule has 35 heavy (non-hydrogen) atoms. The molecule has 0 aliphatic carbocycles. The zero-order chi connectivity index (χ0) is 26.6. The van der Waals surface area contributed by atoms with Crippen LogP contribution in [0.1, 0.15) is 32.8 Å². The molecule has 12 heteroatoms. The molecule has 0 aliphatic heterocycles. The van der Waals surface area contributed by atoms with Gasteiger partial charge in [0.05, 0.1) is 31.6 Å². The second kappa shape index (κ2) is 14.1. The molecule has 6 N–H and O–H groups in total. The number of carbonyl (C=O) groups is 2. The number of carbonyl (C=O) groups excluding carboxylic acids is 2. The zero-order valence-electron chi connectivity index (χ0n) is 20.9. The lowest BCUT2D eigenvalue weighted by atomic mass is 10.1. The first-order chi connectivity index (χ1) is 16.3. The van der Waals surface area contributed by atoms with E-state index in [0.717, 1.165) is 17.3 Å². The number of rotatable bonds is 13. The standard InChI is InChI=1S/C23H37N5O6S/c1-22(2,26)20(30)27-17(14-34-13-16-9-7-6-8-10-16)19(24)28(12-11-23(3,31)33-5)21(25)35-15-18(29)32-4/h6-10,17,24-25,31H,11-15,26H2,1-5H3,(H,27,30)/t17-,23?/m1/s1. The topological polar surface area (TPSA) is 171 Å². The molecule has 1 rings (SSSR count). The Morgan fingerprint density at radius 1 is 1.20 bits per heavy atom. The smallest absolute Gasteiger partial charge is 0.316 e. The van der Waals surface area contributed by atoms with E-state index in [1.807, 2.05) is 30.3 Å². The van der Waals surface area contributed by atoms with Crippen molar-refractivity contribution in [2.75, 3.05) is 33.1 Å². The summed E-state index contributed by atoms with van der Waals surface area (Å²) in [5.41, 5.74) is 5.63. The molecule has 0 bridgehead atoms. The van der Waals surface area contributed by atoms with E-state index in [2.05, 4.69) is 10.1 Å². The van der Waals surface area contributed by atoms with Gasteiger partial charge in [0.25, 0.3) is 0 Å². The van der Waals surface area contributed by atoms with Gasteiger partial charge in [-0.15, -0.1) is 0 Å². The molecule has 0 saturated carbocycles. The summed E-state index contributed by atoms with van der Waals surface area (Å²) in [4.78, 5) is 25.5. The minimum atomic E-state index is -1.51. The fourth-order valence-electron chi connectivity index (χ4n) is 2.61. The molecular formula is C23H37N5O6S. The summed E-state index contributed by atoms with van der Waals surface area (Å²) < 4.78 is 15.4. The Morgan fingerprint density at radius 3 is 2.37 bits per heavy atom. The number of nitrogens with zero attached hydrogens (tertiary/aromatic N) is 1. The summed E-state index contributed by atoms with van der Waals surface area (Å²) in [5, 5.41) is 30.1. The summed E-state index contributed by atoms with van der Waals surface area (Å²) >= 11 is 0.859. The van der Waals surface area contributed by atoms with E-state index in [-0.39, 0.29) is 42.9 Å². The van der Waals surface area contributed by atoms with Gasteiger partial charge in [0.1, 0.15) is 11.9 Å². The summed E-state index contributed by atoms with van der Waals surface area (Å²) in [6, 6.07) is 8.46. The summed E-state index contributed by atoms with van der Waals surface area (Å²) in [6.07, 6.45) is 0.0426. The van der Waals surface area contributed by atoms with Gasteiger partial charge in [-0.2, -0.15) is 0 Å². The maximum absolute atomic E-state index is 12.6. The number of thioether (sulfide) groups is 1. The maximum atomic E-state index is 12.6. The lowest BCUT2D eigenvalue weighted by molar-refractivity contribution is -0.175. The number of amides is 1. The molecule has 1 unspecified atom stereocenters. The molecule has 0 heterocycles. The number of amidine groups is 2. The Kier molecular flexibility index (Phi) is 12.3. The molecule has 0 aliphatic rings. The number of nitrogens with two attached hydrogens (primary N) is 1. The van der Waals surface area contributed by atoms with Crippen molar-refractivity contribution in [3.8, 4) is 0 Å². The van der Waals surface area contributed by atoms with Crippen LogP contribution in [0, 0.1) is 10.8 Å². The quantitative estimate of drug-likeness (QED) is 0.113. The Balaban J connectivity index is 3.10. The first-order valence-electron chi connectivity index (χ1n) is 10.9. The molecule has 0 spiro atoms. The second-order valence-corrected chi connectivity index (χ2v) is 9.55. The van der Waals surface area contributed by atoms with Crippen LogP contribution >= 0.6 is 11.8 Å². The van der Waals surface area contributed by atoms with Crippen molar-refractivity contribution in [1.82, 2.24) is 10.2 Å². The third kappa shape index (κ3) is 11.2. The van der Waals surface area contributed by atoms with Crippen LogP contribution in [-0.2, 0) is 30.4 Å². The monoisotopic (exact) mass is 511 g/mol. The number of ether oxygens (including phenoxy) is 3. The van der Waals surface area contributed by atoms with Crippen LogP contribution in [0.15, 0.2) is 30.3 Å². The SMILES string of the molecule is COC(=O)CSC(=N)N(CCC(C)(O)OC)C(=N)[C@@H](COCc1ccccc1)NC(=O)C(C)(C)N. The van der Waals surface area contributed by atoms with Gasteiger partial charge in [0.2, 0.25) is 5.91 Å². The summed E-state index contributed by atoms with van der Waals surface area (Å²) in [6.45, 7) is 4.72. The highest BCUT2D eigenvalue weighted by molar-refractivity contribution is 8.14. The van der Waals surface area contributed by atoms with Crippen LogP contribution in [0.4, 0.5) is 0 Å². The van der Waals surface area contributed by atoms with Crippen molar-refractivity contribution < 1.29 is 28.9 Å². The molecule has 196 valence electrons. The van der Waals surface area contributed by atoms with Gasteiger partial charge in [0, 0.05) is 20.1 Å². The Labute approximate surface area is 210 Å². The van der Waals surface area contributed by atoms with Crippen LogP contribution in [0.25, 0.3) is 0 Å². The molecular weight excluding hydrogens is 474 g/mol. The number of nitrogens with one attached hydrogen (secondary N) is 3. The zero-order valence-corrected chi connectivity index (χ0v) is 21.7. The minimum absolute atomic E-state index is 0.00372. The average molecular weight is 512 g/mol. The van der Waals surface area contributed by atoms with E-state index in [4.69, 9.17) is 26.0 Å². The lowest BCUT2D eigenvalue weighted by Gasteiger charge is -2.33. The first kappa shape index (κ1) is 30.5. The highest BCUT2D eigenvalue weighted by Crippen LogP contribution is 2.16. The maximum Gasteiger partial charge on any atom is 0.316 e. The van der Waals surface area contributed by atoms with Gasteiger partial charge in [-0.05, 0) is 26.3 Å². The van der Waals surface area contributed by atoms with Crippen LogP contribution in [0.2, 0.25) is 0 Å². The number of benzene rings is 1. The number of hydrogen-bond acceptors (Lipinski definition) is 10. The number of hydrogen-bond donors (Lipinski definition) is 5. The van der Waals surface area contributed by atoms with Crippen LogP contribution in [0.3, 0.4) is 0 Å². The summed E-state index contributed by atoms with van der Waals surface area (Å²) in [5.74, 6) is -2.85. The average Bonchev–Trinajstić information content (AvgIpc) is 2.81.